The standard InChI is InChI=1S/C16H24N4O3/c1-4-6-7-8-12(3)18-14(21)11-20-15(22)13(9-17)10-19(5-2)16(20)23/h10,12H,4-8,11H2,1-3H3,(H,18,21). The van der Waals surface area contributed by atoms with Crippen LogP contribution in [0.4, 0.5) is 0 Å². The van der Waals surface area contributed by atoms with E-state index in [1.54, 1.807) is 13.0 Å². The van der Waals surface area contributed by atoms with Gasteiger partial charge in [0, 0.05) is 18.8 Å². The van der Waals surface area contributed by atoms with Gasteiger partial charge in [-0.3, -0.25) is 14.2 Å². The lowest BCUT2D eigenvalue weighted by Gasteiger charge is -2.14. The highest BCUT2D eigenvalue weighted by Gasteiger charge is 2.15. The van der Waals surface area contributed by atoms with E-state index in [0.717, 1.165) is 30.3 Å². The molecule has 0 saturated carbocycles. The minimum atomic E-state index is -0.726. The van der Waals surface area contributed by atoms with E-state index >= 15 is 0 Å². The van der Waals surface area contributed by atoms with Crippen LogP contribution in [0.2, 0.25) is 0 Å². The molecule has 1 atom stereocenters. The van der Waals surface area contributed by atoms with Gasteiger partial charge in [0.15, 0.2) is 0 Å². The normalized spacial score (nSPS) is 11.7. The van der Waals surface area contributed by atoms with Crippen molar-refractivity contribution in [1.29, 1.82) is 5.26 Å². The van der Waals surface area contributed by atoms with Crippen molar-refractivity contribution < 1.29 is 4.79 Å². The van der Waals surface area contributed by atoms with Crippen LogP contribution in [-0.2, 0) is 17.9 Å². The van der Waals surface area contributed by atoms with Crippen molar-refractivity contribution in [1.82, 2.24) is 14.5 Å². The maximum atomic E-state index is 12.2. The average molecular weight is 320 g/mol. The Bertz CT molecular complexity index is 697. The van der Waals surface area contributed by atoms with E-state index in [9.17, 15) is 14.4 Å². The van der Waals surface area contributed by atoms with Crippen LogP contribution in [0.25, 0.3) is 0 Å². The molecule has 0 radical (unpaired) electrons. The third-order valence-corrected chi connectivity index (χ3v) is 3.65. The number of aryl methyl sites for hydroxylation is 1. The van der Waals surface area contributed by atoms with Gasteiger partial charge in [-0.2, -0.15) is 5.26 Å². The van der Waals surface area contributed by atoms with Crippen LogP contribution in [0.5, 0.6) is 0 Å². The zero-order valence-electron chi connectivity index (χ0n) is 14.0. The Labute approximate surface area is 135 Å². The first-order chi connectivity index (χ1) is 10.9. The topological polar surface area (TPSA) is 96.9 Å². The monoisotopic (exact) mass is 320 g/mol. The third kappa shape index (κ3) is 5.09. The Morgan fingerprint density at radius 3 is 2.61 bits per heavy atom. The molecule has 23 heavy (non-hydrogen) atoms. The molecule has 1 heterocycles. The van der Waals surface area contributed by atoms with E-state index < -0.39 is 17.2 Å². The molecular weight excluding hydrogens is 296 g/mol. The summed E-state index contributed by atoms with van der Waals surface area (Å²) in [6, 6.07) is 1.74. The molecule has 1 rings (SSSR count). The van der Waals surface area contributed by atoms with Gasteiger partial charge >= 0.3 is 5.69 Å². The predicted molar refractivity (Wildman–Crippen MR) is 87.1 cm³/mol. The fourth-order valence-corrected chi connectivity index (χ4v) is 2.33. The van der Waals surface area contributed by atoms with E-state index in [-0.39, 0.29) is 18.2 Å². The average Bonchev–Trinajstić information content (AvgIpc) is 2.52. The predicted octanol–water partition coefficient (Wildman–Crippen LogP) is 0.987. The highest BCUT2D eigenvalue weighted by atomic mass is 16.2. The van der Waals surface area contributed by atoms with Crippen molar-refractivity contribution in [3.8, 4) is 6.07 Å². The Morgan fingerprint density at radius 1 is 1.35 bits per heavy atom. The van der Waals surface area contributed by atoms with Crippen molar-refractivity contribution in [2.75, 3.05) is 0 Å². The van der Waals surface area contributed by atoms with Gasteiger partial charge in [-0.1, -0.05) is 26.2 Å². The van der Waals surface area contributed by atoms with Gasteiger partial charge in [-0.15, -0.1) is 0 Å². The van der Waals surface area contributed by atoms with Gasteiger partial charge in [0.2, 0.25) is 5.91 Å². The van der Waals surface area contributed by atoms with E-state index in [4.69, 9.17) is 5.26 Å². The summed E-state index contributed by atoms with van der Waals surface area (Å²) in [4.78, 5) is 36.3. The quantitative estimate of drug-likeness (QED) is 0.722. The number of aromatic nitrogens is 2. The number of nitrogens with one attached hydrogen (secondary N) is 1. The zero-order chi connectivity index (χ0) is 17.4. The summed E-state index contributed by atoms with van der Waals surface area (Å²) in [7, 11) is 0. The number of carbonyl (C=O) groups is 1. The lowest BCUT2D eigenvalue weighted by Crippen LogP contribution is -2.45. The number of rotatable bonds is 8. The summed E-state index contributed by atoms with van der Waals surface area (Å²) in [5.41, 5.74) is -1.45. The summed E-state index contributed by atoms with van der Waals surface area (Å²) in [6.45, 7) is 5.68. The Kier molecular flexibility index (Phi) is 7.26. The van der Waals surface area contributed by atoms with Crippen molar-refractivity contribution in [2.24, 2.45) is 0 Å². The van der Waals surface area contributed by atoms with Crippen LogP contribution in [0.3, 0.4) is 0 Å². The summed E-state index contributed by atoms with van der Waals surface area (Å²) in [6.07, 6.45) is 5.31. The van der Waals surface area contributed by atoms with Crippen molar-refractivity contribution >= 4 is 5.91 Å². The van der Waals surface area contributed by atoms with Gasteiger partial charge in [0.25, 0.3) is 5.56 Å². The first kappa shape index (κ1) is 18.7. The molecule has 1 aromatic rings. The molecule has 0 aliphatic heterocycles. The molecule has 1 aromatic heterocycles. The van der Waals surface area contributed by atoms with Gasteiger partial charge in [-0.25, -0.2) is 9.36 Å². The minimum absolute atomic E-state index is 0.0164. The van der Waals surface area contributed by atoms with Gasteiger partial charge in [-0.05, 0) is 20.3 Å². The zero-order valence-corrected chi connectivity index (χ0v) is 14.0. The van der Waals surface area contributed by atoms with Gasteiger partial charge in [0.1, 0.15) is 18.2 Å². The van der Waals surface area contributed by atoms with Crippen molar-refractivity contribution in [3.63, 3.8) is 0 Å². The van der Waals surface area contributed by atoms with Gasteiger partial charge in [0.05, 0.1) is 0 Å². The first-order valence-corrected chi connectivity index (χ1v) is 7.98. The molecule has 0 spiro atoms. The Balaban J connectivity index is 2.88. The maximum Gasteiger partial charge on any atom is 0.331 e. The van der Waals surface area contributed by atoms with Crippen LogP contribution < -0.4 is 16.6 Å². The largest absolute Gasteiger partial charge is 0.352 e. The smallest absolute Gasteiger partial charge is 0.331 e. The number of unbranched alkanes of at least 4 members (excludes halogenated alkanes) is 2. The Hall–Kier alpha value is -2.36. The molecule has 0 aliphatic carbocycles. The van der Waals surface area contributed by atoms with Gasteiger partial charge < -0.3 is 5.32 Å². The lowest BCUT2D eigenvalue weighted by atomic mass is 10.1. The van der Waals surface area contributed by atoms with Crippen LogP contribution in [0.1, 0.15) is 52.0 Å². The summed E-state index contributed by atoms with van der Waals surface area (Å²) >= 11 is 0. The van der Waals surface area contributed by atoms with Crippen LogP contribution in [0.15, 0.2) is 15.8 Å². The number of nitrogens with zero attached hydrogens (tertiary/aromatic N) is 3. The van der Waals surface area contributed by atoms with Crippen molar-refractivity contribution in [2.45, 2.75) is 65.6 Å². The fourth-order valence-electron chi connectivity index (χ4n) is 2.33. The highest BCUT2D eigenvalue weighted by molar-refractivity contribution is 5.76. The second kappa shape index (κ2) is 8.93. The lowest BCUT2D eigenvalue weighted by molar-refractivity contribution is -0.122. The van der Waals surface area contributed by atoms with E-state index in [1.165, 1.54) is 10.8 Å². The number of hydrogen-bond donors (Lipinski definition) is 1. The highest BCUT2D eigenvalue weighted by Crippen LogP contribution is 2.02. The number of amides is 1. The minimum Gasteiger partial charge on any atom is -0.352 e. The SMILES string of the molecule is CCCCCC(C)NC(=O)Cn1c(=O)c(C#N)cn(CC)c1=O. The van der Waals surface area contributed by atoms with E-state index in [0.29, 0.717) is 6.54 Å². The summed E-state index contributed by atoms with van der Waals surface area (Å²) < 4.78 is 2.06. The molecule has 1 unspecified atom stereocenters. The molecule has 0 aromatic carbocycles. The fraction of sp³-hybridized carbons (Fsp3) is 0.625. The molecule has 0 aliphatic rings. The molecular formula is C16H24N4O3. The van der Waals surface area contributed by atoms with Crippen LogP contribution >= 0.6 is 0 Å². The second-order valence-corrected chi connectivity index (χ2v) is 5.58. The molecule has 0 saturated heterocycles. The molecule has 0 fully saturated rings. The molecule has 1 amide bonds. The van der Waals surface area contributed by atoms with Crippen LogP contribution in [0, 0.1) is 11.3 Å². The first-order valence-electron chi connectivity index (χ1n) is 7.98. The molecule has 0 bridgehead atoms. The van der Waals surface area contributed by atoms with E-state index in [1.807, 2.05) is 6.92 Å². The summed E-state index contributed by atoms with van der Waals surface area (Å²) in [5.74, 6) is -0.397. The number of carbonyl (C=O) groups excluding carboxylic acids is 1. The second-order valence-electron chi connectivity index (χ2n) is 5.58. The Morgan fingerprint density at radius 2 is 2.04 bits per heavy atom. The molecule has 126 valence electrons. The van der Waals surface area contributed by atoms with Crippen LogP contribution in [-0.4, -0.2) is 21.1 Å². The summed E-state index contributed by atoms with van der Waals surface area (Å²) in [5, 5.41) is 11.8. The number of hydrogen-bond acceptors (Lipinski definition) is 4. The van der Waals surface area contributed by atoms with E-state index in [2.05, 4.69) is 12.2 Å². The molecule has 7 heteroatoms. The third-order valence-electron chi connectivity index (χ3n) is 3.65. The molecule has 7 nitrogen and oxygen atoms in total. The maximum absolute atomic E-state index is 12.2. The van der Waals surface area contributed by atoms with Crippen molar-refractivity contribution in [3.05, 3.63) is 32.6 Å². The molecule has 1 N–H and O–H groups in total. The number of nitriles is 1.